The van der Waals surface area contributed by atoms with Crippen molar-refractivity contribution in [1.82, 2.24) is 4.90 Å². The van der Waals surface area contributed by atoms with Crippen LogP contribution in [0.25, 0.3) is 6.08 Å². The maximum Gasteiger partial charge on any atom is 0.293 e. The van der Waals surface area contributed by atoms with Crippen LogP contribution in [0.15, 0.2) is 57.9 Å². The number of ketones is 1. The molecule has 1 saturated heterocycles. The van der Waals surface area contributed by atoms with Crippen molar-refractivity contribution >= 4 is 56.4 Å². The number of benzene rings is 2. The lowest BCUT2D eigenvalue weighted by Crippen LogP contribution is -2.33. The normalized spacial score (nSPS) is 15.4. The fraction of sp³-hybridized carbons (Fsp3) is 0.0556. The molecule has 0 unspecified atom stereocenters. The number of carbonyl (C=O) groups is 3. The average Bonchev–Trinajstić information content (AvgIpc) is 2.91. The van der Waals surface area contributed by atoms with Gasteiger partial charge in [0.1, 0.15) is 0 Å². The molecule has 0 spiro atoms. The van der Waals surface area contributed by atoms with Crippen LogP contribution in [0.1, 0.15) is 15.9 Å². The minimum atomic E-state index is -0.572. The van der Waals surface area contributed by atoms with E-state index >= 15 is 0 Å². The second-order valence-electron chi connectivity index (χ2n) is 5.55. The monoisotopic (exact) mass is 446 g/mol. The van der Waals surface area contributed by atoms with E-state index < -0.39 is 28.4 Å². The van der Waals surface area contributed by atoms with E-state index in [0.717, 1.165) is 26.7 Å². The summed E-state index contributed by atoms with van der Waals surface area (Å²) in [5, 5.41) is 10.1. The van der Waals surface area contributed by atoms with Crippen molar-refractivity contribution in [3.8, 4) is 0 Å². The summed E-state index contributed by atoms with van der Waals surface area (Å²) in [6.07, 6.45) is 1.59. The molecule has 1 fully saturated rings. The fourth-order valence-corrected chi connectivity index (χ4v) is 3.45. The average molecular weight is 447 g/mol. The number of rotatable bonds is 5. The highest BCUT2D eigenvalue weighted by Crippen LogP contribution is 2.32. The second-order valence-corrected chi connectivity index (χ2v) is 7.46. The quantitative estimate of drug-likeness (QED) is 0.294. The number of imide groups is 1. The van der Waals surface area contributed by atoms with E-state index in [1.165, 1.54) is 24.3 Å². The summed E-state index contributed by atoms with van der Waals surface area (Å²) in [6.45, 7) is -0.417. The van der Waals surface area contributed by atoms with E-state index in [1.54, 1.807) is 18.2 Å². The van der Waals surface area contributed by atoms with Gasteiger partial charge in [-0.3, -0.25) is 29.4 Å². The Hall–Kier alpha value is -2.78. The highest BCUT2D eigenvalue weighted by atomic mass is 79.9. The van der Waals surface area contributed by atoms with Crippen LogP contribution in [0.3, 0.4) is 0 Å². The summed E-state index contributed by atoms with van der Waals surface area (Å²) in [7, 11) is 0. The van der Waals surface area contributed by atoms with Crippen molar-refractivity contribution in [1.29, 1.82) is 0 Å². The summed E-state index contributed by atoms with van der Waals surface area (Å²) in [5.74, 6) is -1.01. The van der Waals surface area contributed by atoms with Gasteiger partial charge in [-0.05, 0) is 47.7 Å². The molecular weight excluding hydrogens is 436 g/mol. The standard InChI is InChI=1S/C18H11BrN2O5S/c19-13-5-1-11(2-6-13)9-16-17(23)20(18(24)27-16)10-15(22)12-3-7-14(8-4-12)21(25)26/h1-9H,10H2. The molecule has 136 valence electrons. The molecule has 0 saturated carbocycles. The van der Waals surface area contributed by atoms with Crippen molar-refractivity contribution in [2.24, 2.45) is 0 Å². The Morgan fingerprint density at radius 1 is 1.11 bits per heavy atom. The number of non-ortho nitro benzene ring substituents is 1. The number of amides is 2. The molecule has 3 rings (SSSR count). The first-order valence-corrected chi connectivity index (χ1v) is 9.24. The van der Waals surface area contributed by atoms with Gasteiger partial charge >= 0.3 is 0 Å². The highest BCUT2D eigenvalue weighted by Gasteiger charge is 2.36. The third kappa shape index (κ3) is 4.32. The van der Waals surface area contributed by atoms with Crippen LogP contribution < -0.4 is 0 Å². The molecule has 0 N–H and O–H groups in total. The predicted molar refractivity (Wildman–Crippen MR) is 104 cm³/mol. The van der Waals surface area contributed by atoms with E-state index in [4.69, 9.17) is 0 Å². The Morgan fingerprint density at radius 3 is 2.33 bits per heavy atom. The Morgan fingerprint density at radius 2 is 1.74 bits per heavy atom. The van der Waals surface area contributed by atoms with Crippen molar-refractivity contribution < 1.29 is 19.3 Å². The number of Topliss-reactive ketones (excluding diaryl/α,β-unsaturated/α-hetero) is 1. The van der Waals surface area contributed by atoms with E-state index in [1.807, 2.05) is 12.1 Å². The molecule has 7 nitrogen and oxygen atoms in total. The number of nitrogens with zero attached hydrogens (tertiary/aromatic N) is 2. The largest absolute Gasteiger partial charge is 0.293 e. The summed E-state index contributed by atoms with van der Waals surface area (Å²) in [5.41, 5.74) is 0.803. The molecule has 0 aromatic heterocycles. The van der Waals surface area contributed by atoms with Gasteiger partial charge in [-0.15, -0.1) is 0 Å². The van der Waals surface area contributed by atoms with Gasteiger partial charge in [0.15, 0.2) is 5.78 Å². The van der Waals surface area contributed by atoms with E-state index in [-0.39, 0.29) is 16.2 Å². The third-order valence-corrected chi connectivity index (χ3v) is 5.18. The molecule has 1 heterocycles. The lowest BCUT2D eigenvalue weighted by Gasteiger charge is -2.11. The van der Waals surface area contributed by atoms with Gasteiger partial charge in [0.05, 0.1) is 16.4 Å². The van der Waals surface area contributed by atoms with Crippen LogP contribution in [0.4, 0.5) is 10.5 Å². The maximum absolute atomic E-state index is 12.5. The van der Waals surface area contributed by atoms with Gasteiger partial charge in [-0.2, -0.15) is 0 Å². The smallest absolute Gasteiger partial charge is 0.292 e. The van der Waals surface area contributed by atoms with Crippen molar-refractivity contribution in [3.05, 3.63) is 79.2 Å². The first-order valence-electron chi connectivity index (χ1n) is 7.64. The zero-order valence-corrected chi connectivity index (χ0v) is 16.0. The Bertz CT molecular complexity index is 970. The first-order chi connectivity index (χ1) is 12.8. The molecule has 0 atom stereocenters. The number of halogens is 1. The Labute approximate surface area is 166 Å². The van der Waals surface area contributed by atoms with E-state index in [2.05, 4.69) is 15.9 Å². The SMILES string of the molecule is O=C(CN1C(=O)SC(=Cc2ccc(Br)cc2)C1=O)c1ccc([N+](=O)[O-])cc1. The number of thioether (sulfide) groups is 1. The molecule has 27 heavy (non-hydrogen) atoms. The lowest BCUT2D eigenvalue weighted by atomic mass is 10.1. The number of nitro benzene ring substituents is 1. The summed E-state index contributed by atoms with van der Waals surface area (Å²) >= 11 is 4.09. The molecule has 1 aliphatic rings. The number of hydrogen-bond donors (Lipinski definition) is 0. The van der Waals surface area contributed by atoms with Gasteiger partial charge in [-0.25, -0.2) is 0 Å². The van der Waals surface area contributed by atoms with Gasteiger partial charge in [0.2, 0.25) is 0 Å². The van der Waals surface area contributed by atoms with Gasteiger partial charge in [0.25, 0.3) is 16.8 Å². The molecule has 2 aromatic carbocycles. The molecule has 2 aromatic rings. The summed E-state index contributed by atoms with van der Waals surface area (Å²) < 4.78 is 0.890. The van der Waals surface area contributed by atoms with Crippen LogP contribution in [-0.2, 0) is 4.79 Å². The molecule has 9 heteroatoms. The molecule has 1 aliphatic heterocycles. The Kier molecular flexibility index (Phi) is 5.52. The van der Waals surface area contributed by atoms with Gasteiger partial charge < -0.3 is 0 Å². The van der Waals surface area contributed by atoms with Gasteiger partial charge in [0, 0.05) is 22.2 Å². The van der Waals surface area contributed by atoms with Crippen LogP contribution in [0.5, 0.6) is 0 Å². The van der Waals surface area contributed by atoms with Crippen LogP contribution in [0, 0.1) is 10.1 Å². The van der Waals surface area contributed by atoms with Crippen LogP contribution in [0.2, 0.25) is 0 Å². The van der Waals surface area contributed by atoms with Gasteiger partial charge in [-0.1, -0.05) is 28.1 Å². The maximum atomic E-state index is 12.5. The van der Waals surface area contributed by atoms with Crippen molar-refractivity contribution in [2.75, 3.05) is 6.54 Å². The zero-order chi connectivity index (χ0) is 19.6. The topological polar surface area (TPSA) is 97.6 Å². The van der Waals surface area contributed by atoms with E-state index in [9.17, 15) is 24.5 Å². The molecule has 2 amide bonds. The Balaban J connectivity index is 1.74. The minimum absolute atomic E-state index is 0.143. The molecule has 0 radical (unpaired) electrons. The number of carbonyl (C=O) groups excluding carboxylic acids is 3. The number of hydrogen-bond acceptors (Lipinski definition) is 6. The first kappa shape index (κ1) is 19.0. The lowest BCUT2D eigenvalue weighted by molar-refractivity contribution is -0.384. The fourth-order valence-electron chi connectivity index (χ4n) is 2.35. The summed E-state index contributed by atoms with van der Waals surface area (Å²) in [6, 6.07) is 12.2. The molecule has 0 aliphatic carbocycles. The summed E-state index contributed by atoms with van der Waals surface area (Å²) in [4.78, 5) is 48.1. The minimum Gasteiger partial charge on any atom is -0.292 e. The number of nitro groups is 1. The van der Waals surface area contributed by atoms with Crippen LogP contribution in [-0.4, -0.2) is 33.3 Å². The van der Waals surface area contributed by atoms with Crippen molar-refractivity contribution in [3.63, 3.8) is 0 Å². The molecule has 0 bridgehead atoms. The van der Waals surface area contributed by atoms with E-state index in [0.29, 0.717) is 0 Å². The van der Waals surface area contributed by atoms with Crippen LogP contribution >= 0.6 is 27.7 Å². The third-order valence-electron chi connectivity index (χ3n) is 3.74. The predicted octanol–water partition coefficient (Wildman–Crippen LogP) is 4.28. The second kappa shape index (κ2) is 7.85. The van der Waals surface area contributed by atoms with Crippen molar-refractivity contribution in [2.45, 2.75) is 0 Å². The molecular formula is C18H11BrN2O5S. The zero-order valence-electron chi connectivity index (χ0n) is 13.6. The highest BCUT2D eigenvalue weighted by molar-refractivity contribution is 9.10.